The molecule has 0 radical (unpaired) electrons. The number of hydrogen-bond acceptors (Lipinski definition) is 5. The van der Waals surface area contributed by atoms with Crippen LogP contribution in [0.25, 0.3) is 0 Å². The Labute approximate surface area is 92.2 Å². The molecule has 1 aliphatic rings. The minimum Gasteiger partial charge on any atom is -0.443 e. The van der Waals surface area contributed by atoms with Crippen LogP contribution >= 0.6 is 0 Å². The van der Waals surface area contributed by atoms with Crippen molar-refractivity contribution in [2.45, 2.75) is 0 Å². The van der Waals surface area contributed by atoms with Crippen LogP contribution in [0.1, 0.15) is 10.4 Å². The fourth-order valence-corrected chi connectivity index (χ4v) is 1.99. The highest BCUT2D eigenvalue weighted by Crippen LogP contribution is 2.27. The third-order valence-corrected chi connectivity index (χ3v) is 2.87. The van der Waals surface area contributed by atoms with E-state index in [1.54, 1.807) is 12.1 Å². The van der Waals surface area contributed by atoms with Gasteiger partial charge in [-0.1, -0.05) is 12.1 Å². The molecule has 0 bridgehead atoms. The van der Waals surface area contributed by atoms with E-state index < -0.39 is 27.0 Å². The number of carbonyl (C=O) groups is 2. The van der Waals surface area contributed by atoms with Crippen LogP contribution in [0.15, 0.2) is 24.3 Å². The van der Waals surface area contributed by atoms with Crippen LogP contribution in [0.5, 0.6) is 5.75 Å². The van der Waals surface area contributed by atoms with Crippen molar-refractivity contribution in [3.8, 4) is 5.75 Å². The average molecular weight is 238 g/mol. The van der Waals surface area contributed by atoms with Gasteiger partial charge in [0.05, 0.1) is 5.56 Å². The Morgan fingerprint density at radius 1 is 1.25 bits per heavy atom. The Hall–Kier alpha value is -1.95. The van der Waals surface area contributed by atoms with E-state index in [2.05, 4.69) is 0 Å². The van der Waals surface area contributed by atoms with E-state index in [9.17, 15) is 18.0 Å². The summed E-state index contributed by atoms with van der Waals surface area (Å²) in [4.78, 5) is 22.5. The lowest BCUT2D eigenvalue weighted by molar-refractivity contribution is -0.108. The fourth-order valence-electron chi connectivity index (χ4n) is 1.46. The van der Waals surface area contributed by atoms with Crippen LogP contribution < -0.4 is 4.74 Å². The van der Waals surface area contributed by atoms with E-state index in [4.69, 9.17) is 4.74 Å². The topological polar surface area (TPSA) is 77.5 Å². The molecule has 5 nitrogen and oxygen atoms in total. The first kappa shape index (κ1) is 10.6. The first-order chi connectivity index (χ1) is 7.65. The molecule has 1 aromatic rings. The van der Waals surface area contributed by atoms with Crippen molar-refractivity contribution in [3.63, 3.8) is 0 Å². The zero-order chi connectivity index (χ0) is 11.7. The quantitative estimate of drug-likeness (QED) is 0.393. The van der Waals surface area contributed by atoms with Crippen LogP contribution in [-0.2, 0) is 15.1 Å². The molecule has 1 atom stereocenters. The SMILES string of the molecule is O=CC1C(=O)c2ccccc2OC1=S(=O)=O. The lowest BCUT2D eigenvalue weighted by Crippen LogP contribution is -2.35. The summed E-state index contributed by atoms with van der Waals surface area (Å²) in [7, 11) is -2.72. The van der Waals surface area contributed by atoms with E-state index in [0.717, 1.165) is 0 Å². The second-order valence-corrected chi connectivity index (χ2v) is 4.00. The Kier molecular flexibility index (Phi) is 2.57. The van der Waals surface area contributed by atoms with Crippen LogP contribution in [0.2, 0.25) is 0 Å². The van der Waals surface area contributed by atoms with E-state index in [1.807, 2.05) is 0 Å². The van der Waals surface area contributed by atoms with Gasteiger partial charge in [-0.05, 0) is 12.1 Å². The summed E-state index contributed by atoms with van der Waals surface area (Å²) in [5.41, 5.74) is 0.216. The van der Waals surface area contributed by atoms with E-state index in [0.29, 0.717) is 0 Å². The first-order valence-corrected chi connectivity index (χ1v) is 5.45. The van der Waals surface area contributed by atoms with Crippen molar-refractivity contribution in [2.75, 3.05) is 0 Å². The number of carbonyl (C=O) groups excluding carboxylic acids is 2. The van der Waals surface area contributed by atoms with E-state index >= 15 is 0 Å². The third kappa shape index (κ3) is 1.53. The number of fused-ring (bicyclic) bond motifs is 1. The van der Waals surface area contributed by atoms with E-state index in [1.165, 1.54) is 12.1 Å². The Morgan fingerprint density at radius 2 is 1.94 bits per heavy atom. The van der Waals surface area contributed by atoms with Gasteiger partial charge in [0.2, 0.25) is 5.05 Å². The molecule has 1 heterocycles. The second-order valence-electron chi connectivity index (χ2n) is 3.13. The number of Topliss-reactive ketones (excluding diaryl/α,β-unsaturated/α-hetero) is 1. The van der Waals surface area contributed by atoms with Gasteiger partial charge in [-0.25, -0.2) is 0 Å². The molecule has 0 N–H and O–H groups in total. The molecule has 2 rings (SSSR count). The molecular formula is C10H6O5S. The minimum absolute atomic E-state index is 0.157. The molecule has 6 heteroatoms. The van der Waals surface area contributed by atoms with Gasteiger partial charge < -0.3 is 9.53 Å². The molecule has 0 aromatic heterocycles. The van der Waals surface area contributed by atoms with Crippen LogP contribution in [-0.4, -0.2) is 25.5 Å². The van der Waals surface area contributed by atoms with Gasteiger partial charge in [-0.3, -0.25) is 4.79 Å². The van der Waals surface area contributed by atoms with Crippen molar-refractivity contribution < 1.29 is 22.7 Å². The maximum Gasteiger partial charge on any atom is 0.254 e. The van der Waals surface area contributed by atoms with Crippen molar-refractivity contribution >= 4 is 27.4 Å². The third-order valence-electron chi connectivity index (χ3n) is 2.20. The molecule has 0 aliphatic carbocycles. The number of benzene rings is 1. The molecule has 1 aromatic carbocycles. The Morgan fingerprint density at radius 3 is 2.56 bits per heavy atom. The average Bonchev–Trinajstić information content (AvgIpc) is 2.29. The zero-order valence-electron chi connectivity index (χ0n) is 7.91. The maximum absolute atomic E-state index is 11.8. The van der Waals surface area contributed by atoms with Gasteiger partial charge in [-0.15, -0.1) is 0 Å². The maximum atomic E-state index is 11.8. The molecule has 1 unspecified atom stereocenters. The lowest BCUT2D eigenvalue weighted by atomic mass is 9.96. The van der Waals surface area contributed by atoms with Gasteiger partial charge in [0.25, 0.3) is 10.3 Å². The van der Waals surface area contributed by atoms with Gasteiger partial charge in [0.1, 0.15) is 12.0 Å². The highest BCUT2D eigenvalue weighted by atomic mass is 32.2. The molecule has 16 heavy (non-hydrogen) atoms. The summed E-state index contributed by atoms with van der Waals surface area (Å²) in [5.74, 6) is -1.77. The molecule has 0 saturated heterocycles. The van der Waals surface area contributed by atoms with Crippen molar-refractivity contribution in [1.29, 1.82) is 0 Å². The van der Waals surface area contributed by atoms with Crippen LogP contribution in [0.4, 0.5) is 0 Å². The molecule has 0 spiro atoms. The molecular weight excluding hydrogens is 232 g/mol. The molecule has 1 aliphatic heterocycles. The van der Waals surface area contributed by atoms with Crippen LogP contribution in [0, 0.1) is 5.92 Å². The highest BCUT2D eigenvalue weighted by Gasteiger charge is 2.35. The lowest BCUT2D eigenvalue weighted by Gasteiger charge is -2.19. The van der Waals surface area contributed by atoms with Gasteiger partial charge >= 0.3 is 0 Å². The number of para-hydroxylation sites is 1. The molecule has 0 saturated carbocycles. The summed E-state index contributed by atoms with van der Waals surface area (Å²) in [6, 6.07) is 6.18. The smallest absolute Gasteiger partial charge is 0.254 e. The summed E-state index contributed by atoms with van der Waals surface area (Å²) >= 11 is 0. The van der Waals surface area contributed by atoms with Crippen LogP contribution in [0.3, 0.4) is 0 Å². The van der Waals surface area contributed by atoms with E-state index in [-0.39, 0.29) is 17.6 Å². The standard InChI is InChI=1S/C10H6O5S/c11-5-7-9(12)6-3-1-2-4-8(6)15-10(7)16(13)14/h1-5,7H. The predicted molar refractivity (Wildman–Crippen MR) is 54.9 cm³/mol. The largest absolute Gasteiger partial charge is 0.443 e. The number of hydrogen-bond donors (Lipinski definition) is 0. The first-order valence-electron chi connectivity index (χ1n) is 4.37. The van der Waals surface area contributed by atoms with Crippen molar-refractivity contribution in [2.24, 2.45) is 5.92 Å². The normalized spacial score (nSPS) is 18.6. The summed E-state index contributed by atoms with van der Waals surface area (Å²) in [6.45, 7) is 0. The highest BCUT2D eigenvalue weighted by molar-refractivity contribution is 7.72. The number of ether oxygens (including phenoxy) is 1. The Bertz CT molecular complexity index is 591. The fraction of sp³-hybridized carbons (Fsp3) is 0.100. The number of aldehydes is 1. The minimum atomic E-state index is -2.72. The van der Waals surface area contributed by atoms with Crippen molar-refractivity contribution in [1.82, 2.24) is 0 Å². The van der Waals surface area contributed by atoms with Crippen molar-refractivity contribution in [3.05, 3.63) is 29.8 Å². The Balaban J connectivity index is 2.68. The predicted octanol–water partition coefficient (Wildman–Crippen LogP) is 0.0858. The summed E-state index contributed by atoms with van der Waals surface area (Å²) in [5, 5.41) is -0.543. The number of rotatable bonds is 1. The second kappa shape index (κ2) is 3.90. The zero-order valence-corrected chi connectivity index (χ0v) is 8.73. The monoisotopic (exact) mass is 238 g/mol. The molecule has 82 valence electrons. The molecule has 0 fully saturated rings. The van der Waals surface area contributed by atoms with Gasteiger partial charge in [0, 0.05) is 0 Å². The van der Waals surface area contributed by atoms with Gasteiger partial charge in [0.15, 0.2) is 11.7 Å². The molecule has 0 amide bonds. The summed E-state index contributed by atoms with van der Waals surface area (Å²) < 4.78 is 26.6. The van der Waals surface area contributed by atoms with Gasteiger partial charge in [-0.2, -0.15) is 8.42 Å². The number of ketones is 1. The summed E-state index contributed by atoms with van der Waals surface area (Å²) in [6.07, 6.45) is 0.267.